The summed E-state index contributed by atoms with van der Waals surface area (Å²) in [5.74, 6) is 0.262. The highest BCUT2D eigenvalue weighted by atomic mass is 32.2. The molecule has 8 nitrogen and oxygen atoms in total. The highest BCUT2D eigenvalue weighted by molar-refractivity contribution is 7.99. The molecule has 2 heterocycles. The van der Waals surface area contributed by atoms with Gasteiger partial charge in [0.1, 0.15) is 0 Å². The van der Waals surface area contributed by atoms with Gasteiger partial charge in [0, 0.05) is 18.8 Å². The lowest BCUT2D eigenvalue weighted by atomic mass is 10.2. The summed E-state index contributed by atoms with van der Waals surface area (Å²) in [6.45, 7) is 2.83. The van der Waals surface area contributed by atoms with Crippen molar-refractivity contribution >= 4 is 33.4 Å². The Morgan fingerprint density at radius 1 is 1.09 bits per heavy atom. The van der Waals surface area contributed by atoms with Crippen LogP contribution in [0.5, 0.6) is 0 Å². The van der Waals surface area contributed by atoms with Crippen LogP contribution in [0.3, 0.4) is 0 Å². The molecular weight excluding hydrogens is 460 g/mol. The Morgan fingerprint density at radius 2 is 1.85 bits per heavy atom. The first-order valence-electron chi connectivity index (χ1n) is 10.8. The van der Waals surface area contributed by atoms with Crippen molar-refractivity contribution in [3.8, 4) is 0 Å². The van der Waals surface area contributed by atoms with Gasteiger partial charge in [0.15, 0.2) is 0 Å². The van der Waals surface area contributed by atoms with Gasteiger partial charge in [-0.15, -0.1) is 10.2 Å². The van der Waals surface area contributed by atoms with Gasteiger partial charge in [0.25, 0.3) is 5.22 Å². The molecule has 2 aromatic carbocycles. The smallest absolute Gasteiger partial charge is 0.277 e. The van der Waals surface area contributed by atoms with Gasteiger partial charge in [0.05, 0.1) is 17.1 Å². The zero-order valence-corrected chi connectivity index (χ0v) is 20.0. The second kappa shape index (κ2) is 10.5. The molecule has 1 aliphatic rings. The van der Waals surface area contributed by atoms with E-state index in [2.05, 4.69) is 15.5 Å². The zero-order chi connectivity index (χ0) is 23.3. The number of piperidine rings is 1. The average molecular weight is 487 g/mol. The summed E-state index contributed by atoms with van der Waals surface area (Å²) < 4.78 is 33.3. The van der Waals surface area contributed by atoms with Crippen molar-refractivity contribution in [3.05, 3.63) is 65.5 Å². The Labute approximate surface area is 197 Å². The number of sulfonamides is 1. The minimum absolute atomic E-state index is 0.0645. The summed E-state index contributed by atoms with van der Waals surface area (Å²) in [5, 5.41) is 11.1. The molecule has 0 radical (unpaired) electrons. The molecule has 0 spiro atoms. The van der Waals surface area contributed by atoms with Gasteiger partial charge in [-0.25, -0.2) is 8.42 Å². The molecule has 0 unspecified atom stereocenters. The van der Waals surface area contributed by atoms with E-state index in [0.29, 0.717) is 41.9 Å². The summed E-state index contributed by atoms with van der Waals surface area (Å²) >= 11 is 1.14. The molecular formula is C23H26N4O4S2. The lowest BCUT2D eigenvalue weighted by Crippen LogP contribution is -2.36. The molecule has 0 saturated carbocycles. The number of hydrogen-bond acceptors (Lipinski definition) is 7. The van der Waals surface area contributed by atoms with Crippen molar-refractivity contribution in [2.24, 2.45) is 0 Å². The molecule has 1 saturated heterocycles. The summed E-state index contributed by atoms with van der Waals surface area (Å²) in [7, 11) is -3.59. The number of aryl methyl sites for hydroxylation is 1. The summed E-state index contributed by atoms with van der Waals surface area (Å²) in [6, 6.07) is 14.7. The van der Waals surface area contributed by atoms with Gasteiger partial charge < -0.3 is 9.73 Å². The van der Waals surface area contributed by atoms with Crippen molar-refractivity contribution < 1.29 is 17.6 Å². The molecule has 1 N–H and O–H groups in total. The highest BCUT2D eigenvalue weighted by Gasteiger charge is 2.27. The number of carbonyl (C=O) groups excluding carboxylic acids is 1. The third kappa shape index (κ3) is 6.01. The van der Waals surface area contributed by atoms with Crippen molar-refractivity contribution in [2.75, 3.05) is 24.2 Å². The monoisotopic (exact) mass is 486 g/mol. The number of carbonyl (C=O) groups is 1. The van der Waals surface area contributed by atoms with Crippen LogP contribution in [0.15, 0.2) is 63.1 Å². The first-order valence-corrected chi connectivity index (χ1v) is 13.2. The predicted molar refractivity (Wildman–Crippen MR) is 127 cm³/mol. The molecule has 1 aromatic heterocycles. The second-order valence-electron chi connectivity index (χ2n) is 7.91. The third-order valence-electron chi connectivity index (χ3n) is 5.38. The Balaban J connectivity index is 1.36. The van der Waals surface area contributed by atoms with Crippen molar-refractivity contribution in [3.63, 3.8) is 0 Å². The quantitative estimate of drug-likeness (QED) is 0.482. The lowest BCUT2D eigenvalue weighted by molar-refractivity contribution is -0.113. The number of aromatic nitrogens is 2. The normalized spacial score (nSPS) is 14.8. The molecule has 0 aliphatic carbocycles. The standard InChI is InChI=1S/C23H26N4O4S2/c1-17-10-11-19(15-20(17)33(29,30)27-12-6-3-7-13-27)24-21(28)16-32-23-26-25-22(31-23)14-18-8-4-2-5-9-18/h2,4-5,8-11,15H,3,6-7,12-14,16H2,1H3,(H,24,28). The van der Waals surface area contributed by atoms with Crippen molar-refractivity contribution in [1.82, 2.24) is 14.5 Å². The largest absolute Gasteiger partial charge is 0.416 e. The number of nitrogens with zero attached hydrogens (tertiary/aromatic N) is 3. The molecule has 1 fully saturated rings. The molecule has 174 valence electrons. The third-order valence-corrected chi connectivity index (χ3v) is 8.24. The first-order chi connectivity index (χ1) is 15.9. The van der Waals surface area contributed by atoms with Crippen LogP contribution in [-0.2, 0) is 21.2 Å². The van der Waals surface area contributed by atoms with Crippen LogP contribution < -0.4 is 5.32 Å². The summed E-state index contributed by atoms with van der Waals surface area (Å²) in [5.41, 5.74) is 2.16. The van der Waals surface area contributed by atoms with E-state index in [1.54, 1.807) is 19.1 Å². The van der Waals surface area contributed by atoms with Crippen LogP contribution in [0.4, 0.5) is 5.69 Å². The molecule has 0 atom stereocenters. The van der Waals surface area contributed by atoms with Gasteiger partial charge in [-0.3, -0.25) is 4.79 Å². The van der Waals surface area contributed by atoms with E-state index in [9.17, 15) is 13.2 Å². The Kier molecular flexibility index (Phi) is 7.46. The number of rotatable bonds is 8. The number of hydrogen-bond donors (Lipinski definition) is 1. The number of anilines is 1. The highest BCUT2D eigenvalue weighted by Crippen LogP contribution is 2.26. The van der Waals surface area contributed by atoms with Crippen LogP contribution in [0, 0.1) is 6.92 Å². The van der Waals surface area contributed by atoms with Crippen molar-refractivity contribution in [1.29, 1.82) is 0 Å². The molecule has 10 heteroatoms. The van der Waals surface area contributed by atoms with Crippen LogP contribution in [0.1, 0.15) is 36.3 Å². The zero-order valence-electron chi connectivity index (χ0n) is 18.4. The summed E-state index contributed by atoms with van der Waals surface area (Å²) in [6.07, 6.45) is 3.31. The predicted octanol–water partition coefficient (Wildman–Crippen LogP) is 3.87. The fourth-order valence-electron chi connectivity index (χ4n) is 3.66. The number of nitrogens with one attached hydrogen (secondary N) is 1. The van der Waals surface area contributed by atoms with E-state index in [0.717, 1.165) is 36.6 Å². The molecule has 33 heavy (non-hydrogen) atoms. The van der Waals surface area contributed by atoms with Crippen LogP contribution >= 0.6 is 11.8 Å². The Bertz CT molecular complexity index is 1210. The maximum Gasteiger partial charge on any atom is 0.277 e. The van der Waals surface area contributed by atoms with Gasteiger partial charge in [-0.1, -0.05) is 54.6 Å². The summed E-state index contributed by atoms with van der Waals surface area (Å²) in [4.78, 5) is 12.7. The van der Waals surface area contributed by atoms with E-state index < -0.39 is 10.0 Å². The van der Waals surface area contributed by atoms with E-state index in [4.69, 9.17) is 4.42 Å². The van der Waals surface area contributed by atoms with Gasteiger partial charge in [-0.05, 0) is 43.0 Å². The van der Waals surface area contributed by atoms with E-state index >= 15 is 0 Å². The minimum atomic E-state index is -3.59. The first kappa shape index (κ1) is 23.5. The molecule has 1 aliphatic heterocycles. The maximum absolute atomic E-state index is 13.1. The van der Waals surface area contributed by atoms with Crippen molar-refractivity contribution in [2.45, 2.75) is 42.7 Å². The number of amides is 1. The SMILES string of the molecule is Cc1ccc(NC(=O)CSc2nnc(Cc3ccccc3)o2)cc1S(=O)(=O)N1CCCCC1. The van der Waals surface area contributed by atoms with Crippen LogP contribution in [0.25, 0.3) is 0 Å². The van der Waals surface area contributed by atoms with Gasteiger partial charge in [-0.2, -0.15) is 4.31 Å². The molecule has 4 rings (SSSR count). The van der Waals surface area contributed by atoms with Crippen LogP contribution in [0.2, 0.25) is 0 Å². The van der Waals surface area contributed by atoms with E-state index in [1.165, 1.54) is 10.4 Å². The molecule has 1 amide bonds. The van der Waals surface area contributed by atoms with Gasteiger partial charge >= 0.3 is 0 Å². The fourth-order valence-corrected chi connectivity index (χ4v) is 6.01. The van der Waals surface area contributed by atoms with E-state index in [-0.39, 0.29) is 16.6 Å². The van der Waals surface area contributed by atoms with Crippen LogP contribution in [-0.4, -0.2) is 47.7 Å². The maximum atomic E-state index is 13.1. The average Bonchev–Trinajstić information content (AvgIpc) is 3.27. The number of benzene rings is 2. The fraction of sp³-hybridized carbons (Fsp3) is 0.348. The number of thioether (sulfide) groups is 1. The van der Waals surface area contributed by atoms with Gasteiger partial charge in [0.2, 0.25) is 21.8 Å². The second-order valence-corrected chi connectivity index (χ2v) is 10.7. The Hall–Kier alpha value is -2.69. The minimum Gasteiger partial charge on any atom is -0.416 e. The Morgan fingerprint density at radius 3 is 2.61 bits per heavy atom. The lowest BCUT2D eigenvalue weighted by Gasteiger charge is -2.26. The topological polar surface area (TPSA) is 105 Å². The molecule has 3 aromatic rings. The molecule has 0 bridgehead atoms. The van der Waals surface area contributed by atoms with E-state index in [1.807, 2.05) is 30.3 Å².